The van der Waals surface area contributed by atoms with Crippen molar-refractivity contribution in [3.05, 3.63) is 24.0 Å². The van der Waals surface area contributed by atoms with E-state index in [9.17, 15) is 0 Å². The third kappa shape index (κ3) is 1.48. The first-order chi connectivity index (χ1) is 8.74. The molecule has 0 spiro atoms. The number of hydrogen-bond acceptors (Lipinski definition) is 3. The minimum Gasteiger partial charge on any atom is -0.388 e. The van der Waals surface area contributed by atoms with Gasteiger partial charge in [0, 0.05) is 17.9 Å². The van der Waals surface area contributed by atoms with Gasteiger partial charge in [0.15, 0.2) is 0 Å². The number of nitrogens with zero attached hydrogens (tertiary/aromatic N) is 1. The van der Waals surface area contributed by atoms with Crippen molar-refractivity contribution in [2.24, 2.45) is 29.4 Å². The first kappa shape index (κ1) is 10.7. The molecule has 1 aromatic rings. The van der Waals surface area contributed by atoms with Crippen molar-refractivity contribution >= 4 is 22.9 Å². The molecule has 3 nitrogen and oxygen atoms in total. The minimum absolute atomic E-state index is 0.370. The lowest BCUT2D eigenvalue weighted by Crippen LogP contribution is -2.15. The summed E-state index contributed by atoms with van der Waals surface area (Å²) in [5.41, 5.74) is 7.45. The Morgan fingerprint density at radius 1 is 1.33 bits per heavy atom. The van der Waals surface area contributed by atoms with Crippen LogP contribution < -0.4 is 11.1 Å². The maximum Gasteiger partial charge on any atom is 0.122 e. The molecule has 3 N–H and O–H groups in total. The molecule has 0 aromatic carbocycles. The highest BCUT2D eigenvalue weighted by molar-refractivity contribution is 7.80. The monoisotopic (exact) mass is 259 g/mol. The Morgan fingerprint density at radius 3 is 2.72 bits per heavy atom. The maximum atomic E-state index is 5.62. The molecule has 0 aliphatic heterocycles. The van der Waals surface area contributed by atoms with E-state index >= 15 is 0 Å². The van der Waals surface area contributed by atoms with Crippen molar-refractivity contribution in [3.8, 4) is 0 Å². The molecule has 4 heteroatoms. The Hall–Kier alpha value is -1.16. The molecule has 18 heavy (non-hydrogen) atoms. The Kier molecular flexibility index (Phi) is 2.19. The third-order valence-electron chi connectivity index (χ3n) is 5.08. The molecule has 3 saturated carbocycles. The topological polar surface area (TPSA) is 50.9 Å². The van der Waals surface area contributed by atoms with Gasteiger partial charge in [-0.1, -0.05) is 12.2 Å². The van der Waals surface area contributed by atoms with Crippen molar-refractivity contribution in [2.75, 3.05) is 5.32 Å². The molecule has 4 atom stereocenters. The summed E-state index contributed by atoms with van der Waals surface area (Å²) in [7, 11) is 0. The van der Waals surface area contributed by atoms with Crippen LogP contribution in [0.2, 0.25) is 0 Å². The van der Waals surface area contributed by atoms with Crippen molar-refractivity contribution in [1.29, 1.82) is 0 Å². The molecule has 3 aliphatic rings. The fraction of sp³-hybridized carbons (Fsp3) is 0.571. The summed E-state index contributed by atoms with van der Waals surface area (Å²) >= 11 is 4.97. The first-order valence-corrected chi connectivity index (χ1v) is 7.17. The van der Waals surface area contributed by atoms with Gasteiger partial charge in [-0.05, 0) is 55.1 Å². The summed E-state index contributed by atoms with van der Waals surface area (Å²) in [6.07, 6.45) is 6.18. The third-order valence-corrected chi connectivity index (χ3v) is 5.29. The lowest BCUT2D eigenvalue weighted by Gasteiger charge is -2.12. The van der Waals surface area contributed by atoms with Crippen LogP contribution in [0.15, 0.2) is 18.3 Å². The largest absolute Gasteiger partial charge is 0.388 e. The van der Waals surface area contributed by atoms with Gasteiger partial charge < -0.3 is 11.1 Å². The second kappa shape index (κ2) is 3.67. The van der Waals surface area contributed by atoms with Gasteiger partial charge in [0.1, 0.15) is 4.99 Å². The average Bonchev–Trinajstić information content (AvgIpc) is 2.77. The van der Waals surface area contributed by atoms with Crippen LogP contribution in [0.4, 0.5) is 5.69 Å². The van der Waals surface area contributed by atoms with E-state index in [0.29, 0.717) is 16.7 Å². The molecule has 4 rings (SSSR count). The molecule has 0 radical (unpaired) electrons. The average molecular weight is 259 g/mol. The van der Waals surface area contributed by atoms with E-state index in [-0.39, 0.29) is 0 Å². The Balaban J connectivity index is 1.50. The number of nitrogens with one attached hydrogen (secondary N) is 1. The van der Waals surface area contributed by atoms with E-state index in [2.05, 4.69) is 10.3 Å². The molecular formula is C14H17N3S. The lowest BCUT2D eigenvalue weighted by atomic mass is 10.0. The van der Waals surface area contributed by atoms with Crippen LogP contribution in [0, 0.1) is 23.7 Å². The van der Waals surface area contributed by atoms with Crippen LogP contribution in [-0.4, -0.2) is 16.0 Å². The van der Waals surface area contributed by atoms with Crippen molar-refractivity contribution in [3.63, 3.8) is 0 Å². The van der Waals surface area contributed by atoms with Crippen molar-refractivity contribution in [1.82, 2.24) is 4.98 Å². The van der Waals surface area contributed by atoms with E-state index in [1.165, 1.54) is 19.3 Å². The molecule has 0 saturated heterocycles. The first-order valence-electron chi connectivity index (χ1n) is 6.76. The standard InChI is InChI=1S/C14H17N3S/c15-14(18)10-6-9(3-4-16-10)17-13-11-7-1-2-8(5-7)12(11)13/h3-4,6-8,11-13H,1-2,5H2,(H2,15,18)(H,16,17). The summed E-state index contributed by atoms with van der Waals surface area (Å²) in [6.45, 7) is 0. The molecule has 1 heterocycles. The highest BCUT2D eigenvalue weighted by Crippen LogP contribution is 2.66. The smallest absolute Gasteiger partial charge is 0.122 e. The molecule has 1 aromatic heterocycles. The second-order valence-corrected chi connectivity index (χ2v) is 6.39. The van der Waals surface area contributed by atoms with Crippen LogP contribution in [0.5, 0.6) is 0 Å². The fourth-order valence-corrected chi connectivity index (χ4v) is 4.48. The van der Waals surface area contributed by atoms with Crippen LogP contribution in [0.3, 0.4) is 0 Å². The number of aromatic nitrogens is 1. The van der Waals surface area contributed by atoms with Gasteiger partial charge in [0.25, 0.3) is 0 Å². The van der Waals surface area contributed by atoms with Gasteiger partial charge >= 0.3 is 0 Å². The SMILES string of the molecule is NC(=S)c1cc(NC2C3C4CCC(C4)C23)ccn1. The van der Waals surface area contributed by atoms with Gasteiger partial charge in [-0.3, -0.25) is 4.98 Å². The van der Waals surface area contributed by atoms with Crippen LogP contribution >= 0.6 is 12.2 Å². The fourth-order valence-electron chi connectivity index (χ4n) is 4.37. The van der Waals surface area contributed by atoms with Gasteiger partial charge in [0.05, 0.1) is 5.69 Å². The summed E-state index contributed by atoms with van der Waals surface area (Å²) in [6, 6.07) is 4.67. The predicted molar refractivity (Wildman–Crippen MR) is 75.3 cm³/mol. The predicted octanol–water partition coefficient (Wildman–Crippen LogP) is 2.17. The molecule has 3 fully saturated rings. The Morgan fingerprint density at radius 2 is 2.06 bits per heavy atom. The second-order valence-electron chi connectivity index (χ2n) is 5.95. The molecule has 0 amide bonds. The number of nitrogens with two attached hydrogens (primary N) is 1. The Bertz CT molecular complexity index is 500. The van der Waals surface area contributed by atoms with E-state index in [1.807, 2.05) is 12.1 Å². The van der Waals surface area contributed by atoms with Crippen LogP contribution in [0.1, 0.15) is 25.0 Å². The lowest BCUT2D eigenvalue weighted by molar-refractivity contribution is 0.456. The number of thiocarbonyl (C=S) groups is 1. The highest BCUT2D eigenvalue weighted by Gasteiger charge is 2.64. The summed E-state index contributed by atoms with van der Waals surface area (Å²) in [5.74, 6) is 3.86. The Labute approximate surface area is 112 Å². The molecular weight excluding hydrogens is 242 g/mol. The number of hydrogen-bond donors (Lipinski definition) is 2. The van der Waals surface area contributed by atoms with Gasteiger partial charge in [-0.2, -0.15) is 0 Å². The van der Waals surface area contributed by atoms with Crippen molar-refractivity contribution < 1.29 is 0 Å². The number of rotatable bonds is 3. The van der Waals surface area contributed by atoms with Crippen LogP contribution in [0.25, 0.3) is 0 Å². The molecule has 2 bridgehead atoms. The van der Waals surface area contributed by atoms with Gasteiger partial charge in [-0.15, -0.1) is 0 Å². The quantitative estimate of drug-likeness (QED) is 0.817. The minimum atomic E-state index is 0.370. The van der Waals surface area contributed by atoms with Gasteiger partial charge in [-0.25, -0.2) is 0 Å². The molecule has 4 unspecified atom stereocenters. The maximum absolute atomic E-state index is 5.62. The van der Waals surface area contributed by atoms with Crippen molar-refractivity contribution in [2.45, 2.75) is 25.3 Å². The van der Waals surface area contributed by atoms with Crippen LogP contribution in [-0.2, 0) is 0 Å². The zero-order valence-corrected chi connectivity index (χ0v) is 11.0. The number of pyridine rings is 1. The summed E-state index contributed by atoms with van der Waals surface area (Å²) in [5, 5.41) is 3.66. The molecule has 94 valence electrons. The normalized spacial score (nSPS) is 39.4. The molecule has 3 aliphatic carbocycles. The highest BCUT2D eigenvalue weighted by atomic mass is 32.1. The number of fused-ring (bicyclic) bond motifs is 5. The number of anilines is 1. The van der Waals surface area contributed by atoms with E-state index in [1.54, 1.807) is 6.20 Å². The summed E-state index contributed by atoms with van der Waals surface area (Å²) in [4.78, 5) is 4.54. The summed E-state index contributed by atoms with van der Waals surface area (Å²) < 4.78 is 0. The zero-order chi connectivity index (χ0) is 12.3. The van der Waals surface area contributed by atoms with E-state index in [4.69, 9.17) is 18.0 Å². The van der Waals surface area contributed by atoms with E-state index < -0.39 is 0 Å². The van der Waals surface area contributed by atoms with Gasteiger partial charge in [0.2, 0.25) is 0 Å². The zero-order valence-electron chi connectivity index (χ0n) is 10.2. The van der Waals surface area contributed by atoms with E-state index in [0.717, 1.165) is 29.4 Å².